The van der Waals surface area contributed by atoms with Gasteiger partial charge in [0.1, 0.15) is 18.5 Å². The largest absolute Gasteiger partial charge is 0.491 e. The number of halogens is 1. The quantitative estimate of drug-likeness (QED) is 0.526. The third-order valence-electron chi connectivity index (χ3n) is 5.01. The van der Waals surface area contributed by atoms with E-state index in [0.717, 1.165) is 29.3 Å². The molecule has 6 heteroatoms. The van der Waals surface area contributed by atoms with Gasteiger partial charge >= 0.3 is 0 Å². The van der Waals surface area contributed by atoms with Crippen LogP contribution in [-0.4, -0.2) is 42.9 Å². The average Bonchev–Trinajstić information content (AvgIpc) is 3.05. The molecule has 2 heterocycles. The number of aliphatic hydroxyl groups is 1. The number of hydrogen-bond donors (Lipinski definition) is 4. The fourth-order valence-electron chi connectivity index (χ4n) is 3.73. The lowest BCUT2D eigenvalue weighted by molar-refractivity contribution is 0.108. The van der Waals surface area contributed by atoms with Crippen LogP contribution in [0, 0.1) is 0 Å². The summed E-state index contributed by atoms with van der Waals surface area (Å²) >= 11 is 6.20. The lowest BCUT2D eigenvalue weighted by atomic mass is 9.94. The molecule has 0 saturated heterocycles. The van der Waals surface area contributed by atoms with Gasteiger partial charge in [0.05, 0.1) is 6.04 Å². The molecule has 0 aliphatic carbocycles. The number of aromatic nitrogens is 1. The maximum absolute atomic E-state index is 9.76. The Labute approximate surface area is 163 Å². The van der Waals surface area contributed by atoms with Crippen LogP contribution in [0.4, 0.5) is 0 Å². The minimum Gasteiger partial charge on any atom is -0.491 e. The van der Waals surface area contributed by atoms with Gasteiger partial charge in [0.25, 0.3) is 0 Å². The summed E-state index contributed by atoms with van der Waals surface area (Å²) in [5.41, 5.74) is 4.84. The topological polar surface area (TPSA) is 69.3 Å². The number of aromatic amines is 1. The number of benzene rings is 2. The molecule has 1 aliphatic rings. The zero-order chi connectivity index (χ0) is 18.8. The summed E-state index contributed by atoms with van der Waals surface area (Å²) in [5, 5.41) is 18.3. The smallest absolute Gasteiger partial charge is 0.119 e. The molecule has 5 nitrogen and oxygen atoms in total. The first-order valence-corrected chi connectivity index (χ1v) is 9.62. The Morgan fingerprint density at radius 1 is 1.26 bits per heavy atom. The van der Waals surface area contributed by atoms with Gasteiger partial charge in [-0.3, -0.25) is 0 Å². The first kappa shape index (κ1) is 18.3. The molecular weight excluding hydrogens is 362 g/mol. The van der Waals surface area contributed by atoms with Gasteiger partial charge in [-0.2, -0.15) is 0 Å². The van der Waals surface area contributed by atoms with Crippen LogP contribution in [0.15, 0.2) is 42.5 Å². The molecule has 0 spiro atoms. The molecule has 1 aromatic heterocycles. The molecule has 2 aromatic carbocycles. The molecule has 27 heavy (non-hydrogen) atoms. The molecule has 4 rings (SSSR count). The van der Waals surface area contributed by atoms with Crippen LogP contribution in [-0.2, 0) is 6.42 Å². The number of likely N-dealkylation sites (N-methyl/N-ethyl adjacent to an activating group) is 1. The van der Waals surface area contributed by atoms with Crippen molar-refractivity contribution < 1.29 is 9.84 Å². The molecule has 0 amide bonds. The summed E-state index contributed by atoms with van der Waals surface area (Å²) in [5.74, 6) is 0.758. The van der Waals surface area contributed by atoms with Crippen LogP contribution in [0.5, 0.6) is 5.75 Å². The van der Waals surface area contributed by atoms with Gasteiger partial charge < -0.3 is 25.5 Å². The number of rotatable bonds is 6. The van der Waals surface area contributed by atoms with E-state index in [-0.39, 0.29) is 12.6 Å². The van der Waals surface area contributed by atoms with Crippen molar-refractivity contribution in [2.45, 2.75) is 18.6 Å². The number of fused-ring (bicyclic) bond motifs is 3. The normalized spacial score (nSPS) is 17.7. The van der Waals surface area contributed by atoms with Gasteiger partial charge in [-0.1, -0.05) is 23.7 Å². The van der Waals surface area contributed by atoms with Crippen LogP contribution < -0.4 is 15.4 Å². The summed E-state index contributed by atoms with van der Waals surface area (Å²) in [6, 6.07) is 14.2. The molecule has 2 atom stereocenters. The lowest BCUT2D eigenvalue weighted by Gasteiger charge is -2.25. The van der Waals surface area contributed by atoms with E-state index in [2.05, 4.69) is 27.8 Å². The second-order valence-corrected chi connectivity index (χ2v) is 7.37. The highest BCUT2D eigenvalue weighted by molar-refractivity contribution is 6.31. The van der Waals surface area contributed by atoms with E-state index in [0.29, 0.717) is 6.54 Å². The maximum atomic E-state index is 9.76. The summed E-state index contributed by atoms with van der Waals surface area (Å²) in [6.07, 6.45) is 0.465. The van der Waals surface area contributed by atoms with Gasteiger partial charge in [-0.15, -0.1) is 0 Å². The van der Waals surface area contributed by atoms with E-state index in [1.165, 1.54) is 22.2 Å². The summed E-state index contributed by atoms with van der Waals surface area (Å²) in [4.78, 5) is 3.57. The molecule has 4 N–H and O–H groups in total. The minimum atomic E-state index is -0.518. The Morgan fingerprint density at radius 2 is 2.07 bits per heavy atom. The molecule has 2 unspecified atom stereocenters. The van der Waals surface area contributed by atoms with E-state index < -0.39 is 6.10 Å². The van der Waals surface area contributed by atoms with Crippen LogP contribution >= 0.6 is 11.6 Å². The Kier molecular flexibility index (Phi) is 5.36. The Hall–Kier alpha value is -2.05. The molecule has 1 aliphatic heterocycles. The molecule has 0 saturated carbocycles. The van der Waals surface area contributed by atoms with Gasteiger partial charge in [-0.25, -0.2) is 0 Å². The van der Waals surface area contributed by atoms with Crippen LogP contribution in [0.25, 0.3) is 10.9 Å². The molecule has 0 bridgehead atoms. The Bertz CT molecular complexity index is 923. The molecule has 0 fully saturated rings. The summed E-state index contributed by atoms with van der Waals surface area (Å²) < 4.78 is 5.66. The third kappa shape index (κ3) is 3.82. The van der Waals surface area contributed by atoms with Crippen LogP contribution in [0.3, 0.4) is 0 Å². The van der Waals surface area contributed by atoms with Crippen LogP contribution in [0.1, 0.15) is 22.9 Å². The van der Waals surface area contributed by atoms with E-state index in [4.69, 9.17) is 16.3 Å². The summed E-state index contributed by atoms with van der Waals surface area (Å²) in [6.45, 7) is 1.71. The van der Waals surface area contributed by atoms with Gasteiger partial charge in [0.15, 0.2) is 0 Å². The van der Waals surface area contributed by atoms with Gasteiger partial charge in [0, 0.05) is 34.7 Å². The monoisotopic (exact) mass is 385 g/mol. The second kappa shape index (κ2) is 7.90. The van der Waals surface area contributed by atoms with Crippen molar-refractivity contribution in [2.75, 3.05) is 26.7 Å². The van der Waals surface area contributed by atoms with Crippen molar-refractivity contribution in [3.63, 3.8) is 0 Å². The molecular formula is C21H24ClN3O2. The molecule has 0 radical (unpaired) electrons. The minimum absolute atomic E-state index is 0.115. The van der Waals surface area contributed by atoms with Crippen molar-refractivity contribution in [3.05, 3.63) is 64.3 Å². The van der Waals surface area contributed by atoms with Crippen molar-refractivity contribution in [1.29, 1.82) is 0 Å². The Morgan fingerprint density at radius 3 is 2.85 bits per heavy atom. The SMILES string of the molecule is CNCC(O)COc1ccc(C2NCCc3c2[nH]c2ccc(Cl)cc32)cc1. The fourth-order valence-corrected chi connectivity index (χ4v) is 3.90. The van der Waals surface area contributed by atoms with Crippen molar-refractivity contribution >= 4 is 22.5 Å². The third-order valence-corrected chi connectivity index (χ3v) is 5.24. The summed E-state index contributed by atoms with van der Waals surface area (Å²) in [7, 11) is 1.81. The fraction of sp³-hybridized carbons (Fsp3) is 0.333. The number of H-pyrrole nitrogens is 1. The standard InChI is InChI=1S/C21H24ClN3O2/c1-23-11-15(26)12-27-16-5-2-13(3-6-16)20-21-17(8-9-24-20)18-10-14(22)4-7-19(18)25-21/h2-7,10,15,20,23-26H,8-9,11-12H2,1H3. The number of hydrogen-bond acceptors (Lipinski definition) is 4. The second-order valence-electron chi connectivity index (χ2n) is 6.94. The first-order chi connectivity index (χ1) is 13.2. The molecule has 142 valence electrons. The number of aliphatic hydroxyl groups excluding tert-OH is 1. The van der Waals surface area contributed by atoms with E-state index in [1.807, 2.05) is 30.3 Å². The van der Waals surface area contributed by atoms with Crippen molar-refractivity contribution in [2.24, 2.45) is 0 Å². The van der Waals surface area contributed by atoms with E-state index >= 15 is 0 Å². The highest BCUT2D eigenvalue weighted by atomic mass is 35.5. The lowest BCUT2D eigenvalue weighted by Crippen LogP contribution is -2.30. The number of nitrogens with one attached hydrogen (secondary N) is 3. The number of ether oxygens (including phenoxy) is 1. The zero-order valence-corrected chi connectivity index (χ0v) is 16.0. The van der Waals surface area contributed by atoms with Crippen LogP contribution in [0.2, 0.25) is 5.02 Å². The highest BCUT2D eigenvalue weighted by Gasteiger charge is 2.25. The predicted octanol–water partition coefficient (Wildman–Crippen LogP) is 3.02. The zero-order valence-electron chi connectivity index (χ0n) is 15.3. The van der Waals surface area contributed by atoms with Gasteiger partial charge in [-0.05, 0) is 54.9 Å². The van der Waals surface area contributed by atoms with Gasteiger partial charge in [0.2, 0.25) is 0 Å². The predicted molar refractivity (Wildman–Crippen MR) is 109 cm³/mol. The Balaban J connectivity index is 1.55. The van der Waals surface area contributed by atoms with Crippen molar-refractivity contribution in [3.8, 4) is 5.75 Å². The van der Waals surface area contributed by atoms with E-state index in [1.54, 1.807) is 7.05 Å². The molecule has 3 aromatic rings. The van der Waals surface area contributed by atoms with E-state index in [9.17, 15) is 5.11 Å². The van der Waals surface area contributed by atoms with Crippen molar-refractivity contribution in [1.82, 2.24) is 15.6 Å². The maximum Gasteiger partial charge on any atom is 0.119 e. The average molecular weight is 386 g/mol. The first-order valence-electron chi connectivity index (χ1n) is 9.24. The highest BCUT2D eigenvalue weighted by Crippen LogP contribution is 2.35.